The maximum absolute atomic E-state index is 12.2. The summed E-state index contributed by atoms with van der Waals surface area (Å²) in [5.74, 6) is 0.180. The number of aromatic nitrogens is 2. The number of esters is 1. The van der Waals surface area contributed by atoms with E-state index in [0.29, 0.717) is 26.6 Å². The van der Waals surface area contributed by atoms with Crippen molar-refractivity contribution in [3.8, 4) is 5.75 Å². The molecule has 1 aromatic carbocycles. The average Bonchev–Trinajstić information content (AvgIpc) is 3.09. The number of nitrogens with zero attached hydrogens (tertiary/aromatic N) is 2. The van der Waals surface area contributed by atoms with Crippen LogP contribution in [-0.4, -0.2) is 22.6 Å². The number of aryl methyl sites for hydroxylation is 1. The zero-order valence-electron chi connectivity index (χ0n) is 13.4. The number of thiophene rings is 1. The van der Waals surface area contributed by atoms with Crippen LogP contribution in [0.1, 0.15) is 12.0 Å². The van der Waals surface area contributed by atoms with Crippen molar-refractivity contribution in [1.29, 1.82) is 0 Å². The van der Waals surface area contributed by atoms with Gasteiger partial charge in [0.25, 0.3) is 5.56 Å². The summed E-state index contributed by atoms with van der Waals surface area (Å²) in [6.45, 7) is 0.266. The molecule has 2 heterocycles. The molecule has 0 unspecified atom stereocenters. The molecule has 0 bridgehead atoms. The van der Waals surface area contributed by atoms with Crippen molar-refractivity contribution in [3.05, 3.63) is 56.9 Å². The first kappa shape index (κ1) is 17.4. The number of fused-ring (bicyclic) bond motifs is 1. The van der Waals surface area contributed by atoms with Crippen molar-refractivity contribution in [2.45, 2.75) is 19.6 Å². The molecule has 25 heavy (non-hydrogen) atoms. The topological polar surface area (TPSA) is 70.4 Å². The number of ether oxygens (including phenoxy) is 2. The molecule has 6 nitrogen and oxygen atoms in total. The van der Waals surface area contributed by atoms with Crippen LogP contribution in [0.4, 0.5) is 0 Å². The van der Waals surface area contributed by atoms with E-state index in [2.05, 4.69) is 4.98 Å². The van der Waals surface area contributed by atoms with Gasteiger partial charge >= 0.3 is 5.97 Å². The SMILES string of the molecule is COc1ccc(Cl)cc1COC(=O)CCn1cnc2sccc2c1=O. The maximum atomic E-state index is 12.2. The van der Waals surface area contributed by atoms with Crippen molar-refractivity contribution in [1.82, 2.24) is 9.55 Å². The molecule has 0 radical (unpaired) electrons. The molecule has 0 aliphatic carbocycles. The van der Waals surface area contributed by atoms with Crippen LogP contribution in [0.25, 0.3) is 10.2 Å². The van der Waals surface area contributed by atoms with Gasteiger partial charge in [-0.2, -0.15) is 0 Å². The Bertz CT molecular complexity index is 967. The number of benzene rings is 1. The summed E-state index contributed by atoms with van der Waals surface area (Å²) >= 11 is 7.35. The number of halogens is 1. The largest absolute Gasteiger partial charge is 0.496 e. The second kappa shape index (κ2) is 7.67. The lowest BCUT2D eigenvalue weighted by Crippen LogP contribution is -2.21. The second-order valence-electron chi connectivity index (χ2n) is 5.25. The summed E-state index contributed by atoms with van der Waals surface area (Å²) < 4.78 is 11.9. The summed E-state index contributed by atoms with van der Waals surface area (Å²) in [7, 11) is 1.54. The zero-order chi connectivity index (χ0) is 17.8. The Morgan fingerprint density at radius 2 is 2.20 bits per heavy atom. The lowest BCUT2D eigenvalue weighted by Gasteiger charge is -2.10. The number of hydrogen-bond acceptors (Lipinski definition) is 6. The fourth-order valence-corrected chi connectivity index (χ4v) is 3.27. The molecule has 0 N–H and O–H groups in total. The Balaban J connectivity index is 1.60. The first-order valence-corrected chi connectivity index (χ1v) is 8.75. The van der Waals surface area contributed by atoms with Crippen molar-refractivity contribution in [2.24, 2.45) is 0 Å². The van der Waals surface area contributed by atoms with Crippen LogP contribution in [0.3, 0.4) is 0 Å². The molecular weight excluding hydrogens is 364 g/mol. The zero-order valence-corrected chi connectivity index (χ0v) is 15.0. The van der Waals surface area contributed by atoms with Crippen LogP contribution in [0.15, 0.2) is 40.8 Å². The van der Waals surface area contributed by atoms with E-state index in [1.54, 1.807) is 24.3 Å². The van der Waals surface area contributed by atoms with E-state index >= 15 is 0 Å². The summed E-state index contributed by atoms with van der Waals surface area (Å²) in [5, 5.41) is 2.91. The molecule has 0 aliphatic heterocycles. The predicted molar refractivity (Wildman–Crippen MR) is 96.3 cm³/mol. The summed E-state index contributed by atoms with van der Waals surface area (Å²) in [5.41, 5.74) is 0.525. The summed E-state index contributed by atoms with van der Waals surface area (Å²) in [6, 6.07) is 6.83. The van der Waals surface area contributed by atoms with Crippen molar-refractivity contribution >= 4 is 39.1 Å². The highest BCUT2D eigenvalue weighted by Crippen LogP contribution is 2.23. The smallest absolute Gasteiger partial charge is 0.307 e. The standard InChI is InChI=1S/C17H15ClN2O4S/c1-23-14-3-2-12(18)8-11(14)9-24-15(21)4-6-20-10-19-16-13(17(20)22)5-7-25-16/h2-3,5,7-8,10H,4,6,9H2,1H3. The Labute approximate surface area is 152 Å². The van der Waals surface area contributed by atoms with Crippen LogP contribution >= 0.6 is 22.9 Å². The number of methoxy groups -OCH3 is 1. The first-order valence-electron chi connectivity index (χ1n) is 7.49. The molecular formula is C17H15ClN2O4S. The quantitative estimate of drug-likeness (QED) is 0.616. The first-order chi connectivity index (χ1) is 12.1. The molecule has 0 atom stereocenters. The Morgan fingerprint density at radius 1 is 1.36 bits per heavy atom. The van der Waals surface area contributed by atoms with Gasteiger partial charge in [-0.3, -0.25) is 14.2 Å². The summed E-state index contributed by atoms with van der Waals surface area (Å²) in [4.78, 5) is 29.1. The van der Waals surface area contributed by atoms with Crippen LogP contribution in [-0.2, 0) is 22.7 Å². The van der Waals surface area contributed by atoms with Crippen LogP contribution < -0.4 is 10.3 Å². The number of carbonyl (C=O) groups is 1. The lowest BCUT2D eigenvalue weighted by molar-refractivity contribution is -0.145. The van der Waals surface area contributed by atoms with E-state index < -0.39 is 5.97 Å². The molecule has 0 amide bonds. The van der Waals surface area contributed by atoms with Gasteiger partial charge in [-0.25, -0.2) is 4.98 Å². The van der Waals surface area contributed by atoms with Gasteiger partial charge in [-0.05, 0) is 29.6 Å². The predicted octanol–water partition coefficient (Wildman–Crippen LogP) is 3.25. The summed E-state index contributed by atoms with van der Waals surface area (Å²) in [6.07, 6.45) is 1.52. The van der Waals surface area contributed by atoms with Gasteiger partial charge in [-0.15, -0.1) is 11.3 Å². The monoisotopic (exact) mass is 378 g/mol. The Hall–Kier alpha value is -2.38. The van der Waals surface area contributed by atoms with Gasteiger partial charge in [0, 0.05) is 17.1 Å². The van der Waals surface area contributed by atoms with Gasteiger partial charge in [0.05, 0.1) is 25.2 Å². The van der Waals surface area contributed by atoms with Crippen molar-refractivity contribution in [2.75, 3.05) is 7.11 Å². The molecule has 2 aromatic heterocycles. The van der Waals surface area contributed by atoms with Gasteiger partial charge in [-0.1, -0.05) is 11.6 Å². The molecule has 0 saturated carbocycles. The minimum atomic E-state index is -0.417. The molecule has 0 aliphatic rings. The fraction of sp³-hybridized carbons (Fsp3) is 0.235. The number of carbonyl (C=O) groups excluding carboxylic acids is 1. The third kappa shape index (κ3) is 4.00. The maximum Gasteiger partial charge on any atom is 0.307 e. The second-order valence-corrected chi connectivity index (χ2v) is 6.58. The van der Waals surface area contributed by atoms with E-state index in [1.165, 1.54) is 29.3 Å². The fourth-order valence-electron chi connectivity index (χ4n) is 2.35. The third-order valence-corrected chi connectivity index (χ3v) is 4.69. The van der Waals surface area contributed by atoms with E-state index in [0.717, 1.165) is 0 Å². The van der Waals surface area contributed by atoms with E-state index in [9.17, 15) is 9.59 Å². The molecule has 3 aromatic rings. The highest BCUT2D eigenvalue weighted by atomic mass is 35.5. The minimum Gasteiger partial charge on any atom is -0.496 e. The van der Waals surface area contributed by atoms with Crippen LogP contribution in [0.2, 0.25) is 5.02 Å². The van der Waals surface area contributed by atoms with Crippen molar-refractivity contribution in [3.63, 3.8) is 0 Å². The Kier molecular flexibility index (Phi) is 5.35. The van der Waals surface area contributed by atoms with Crippen LogP contribution in [0.5, 0.6) is 5.75 Å². The van der Waals surface area contributed by atoms with E-state index in [4.69, 9.17) is 21.1 Å². The average molecular weight is 379 g/mol. The molecule has 3 rings (SSSR count). The molecule has 0 saturated heterocycles. The molecule has 8 heteroatoms. The van der Waals surface area contributed by atoms with Gasteiger partial charge in [0.2, 0.25) is 0 Å². The highest BCUT2D eigenvalue weighted by molar-refractivity contribution is 7.16. The Morgan fingerprint density at radius 3 is 3.00 bits per heavy atom. The van der Waals surface area contributed by atoms with Crippen LogP contribution in [0, 0.1) is 0 Å². The normalized spacial score (nSPS) is 10.8. The minimum absolute atomic E-state index is 0.0548. The van der Waals surface area contributed by atoms with E-state index in [1.807, 2.05) is 5.38 Å². The van der Waals surface area contributed by atoms with Gasteiger partial charge in [0.1, 0.15) is 17.2 Å². The lowest BCUT2D eigenvalue weighted by atomic mass is 10.2. The third-order valence-electron chi connectivity index (χ3n) is 3.64. The van der Waals surface area contributed by atoms with Crippen molar-refractivity contribution < 1.29 is 14.3 Å². The van der Waals surface area contributed by atoms with E-state index in [-0.39, 0.29) is 25.1 Å². The number of rotatable bonds is 6. The van der Waals surface area contributed by atoms with Gasteiger partial charge < -0.3 is 9.47 Å². The molecule has 0 spiro atoms. The molecule has 0 fully saturated rings. The number of hydrogen-bond donors (Lipinski definition) is 0. The van der Waals surface area contributed by atoms with Gasteiger partial charge in [0.15, 0.2) is 0 Å². The highest BCUT2D eigenvalue weighted by Gasteiger charge is 2.10. The molecule has 130 valence electrons.